The fourth-order valence-electron chi connectivity index (χ4n) is 2.19. The van der Waals surface area contributed by atoms with E-state index < -0.39 is 0 Å². The SMILES string of the molecule is C=C(N1CCC(C(C)(C)C)C1)C(C)(C)C. The summed E-state index contributed by atoms with van der Waals surface area (Å²) in [5, 5.41) is 0. The molecular formula is C14H27N. The van der Waals surface area contributed by atoms with Crippen molar-refractivity contribution >= 4 is 0 Å². The fraction of sp³-hybridized carbons (Fsp3) is 0.857. The van der Waals surface area contributed by atoms with Crippen LogP contribution in [-0.2, 0) is 0 Å². The van der Waals surface area contributed by atoms with Crippen molar-refractivity contribution in [3.8, 4) is 0 Å². The minimum atomic E-state index is 0.215. The normalized spacial score (nSPS) is 23.3. The van der Waals surface area contributed by atoms with Crippen LogP contribution in [0.3, 0.4) is 0 Å². The predicted molar refractivity (Wildman–Crippen MR) is 67.7 cm³/mol. The molecule has 0 aromatic carbocycles. The largest absolute Gasteiger partial charge is 0.375 e. The summed E-state index contributed by atoms with van der Waals surface area (Å²) < 4.78 is 0. The van der Waals surface area contributed by atoms with Crippen LogP contribution in [0.1, 0.15) is 48.0 Å². The molecule has 1 saturated heterocycles. The summed E-state index contributed by atoms with van der Waals surface area (Å²) in [7, 11) is 0. The Kier molecular flexibility index (Phi) is 3.23. The zero-order chi connectivity index (χ0) is 11.9. The molecule has 1 heteroatoms. The Hall–Kier alpha value is -0.460. The van der Waals surface area contributed by atoms with Crippen molar-refractivity contribution in [2.75, 3.05) is 13.1 Å². The number of allylic oxidation sites excluding steroid dienone is 1. The standard InChI is InChI=1S/C14H27N/c1-11(13(2,3)4)15-9-8-12(10-15)14(5,6)7/h12H,1,8-10H2,2-7H3. The van der Waals surface area contributed by atoms with E-state index in [-0.39, 0.29) is 5.41 Å². The van der Waals surface area contributed by atoms with Gasteiger partial charge in [-0.15, -0.1) is 0 Å². The molecule has 0 amide bonds. The van der Waals surface area contributed by atoms with Crippen molar-refractivity contribution in [1.29, 1.82) is 0 Å². The zero-order valence-electron chi connectivity index (χ0n) is 11.4. The van der Waals surface area contributed by atoms with Gasteiger partial charge in [-0.05, 0) is 17.8 Å². The van der Waals surface area contributed by atoms with Gasteiger partial charge in [-0.25, -0.2) is 0 Å². The Morgan fingerprint density at radius 3 is 2.00 bits per heavy atom. The number of rotatable bonds is 1. The lowest BCUT2D eigenvalue weighted by molar-refractivity contribution is 0.230. The average molecular weight is 209 g/mol. The summed E-state index contributed by atoms with van der Waals surface area (Å²) in [4.78, 5) is 2.48. The molecule has 0 saturated carbocycles. The van der Waals surface area contributed by atoms with E-state index in [2.05, 4.69) is 53.0 Å². The highest BCUT2D eigenvalue weighted by Crippen LogP contribution is 2.37. The van der Waals surface area contributed by atoms with Gasteiger partial charge in [0, 0.05) is 24.2 Å². The van der Waals surface area contributed by atoms with E-state index in [1.165, 1.54) is 25.2 Å². The second-order valence-electron chi connectivity index (χ2n) is 6.99. The fourth-order valence-corrected chi connectivity index (χ4v) is 2.19. The van der Waals surface area contributed by atoms with E-state index in [0.29, 0.717) is 5.41 Å². The summed E-state index contributed by atoms with van der Waals surface area (Å²) in [6.07, 6.45) is 1.32. The third kappa shape index (κ3) is 2.99. The first-order valence-corrected chi connectivity index (χ1v) is 6.06. The number of hydrogen-bond acceptors (Lipinski definition) is 1. The van der Waals surface area contributed by atoms with Crippen LogP contribution in [0.2, 0.25) is 0 Å². The Labute approximate surface area is 95.5 Å². The topological polar surface area (TPSA) is 3.24 Å². The molecule has 0 radical (unpaired) electrons. The van der Waals surface area contributed by atoms with Gasteiger partial charge < -0.3 is 4.90 Å². The molecule has 1 heterocycles. The maximum atomic E-state index is 4.25. The van der Waals surface area contributed by atoms with Gasteiger partial charge in [0.2, 0.25) is 0 Å². The molecule has 1 aliphatic rings. The van der Waals surface area contributed by atoms with Crippen molar-refractivity contribution in [3.05, 3.63) is 12.3 Å². The minimum absolute atomic E-state index is 0.215. The minimum Gasteiger partial charge on any atom is -0.375 e. The maximum absolute atomic E-state index is 4.25. The van der Waals surface area contributed by atoms with Gasteiger partial charge in [-0.1, -0.05) is 48.1 Å². The first-order valence-electron chi connectivity index (χ1n) is 6.06. The van der Waals surface area contributed by atoms with E-state index in [1.54, 1.807) is 0 Å². The van der Waals surface area contributed by atoms with Crippen molar-refractivity contribution in [2.24, 2.45) is 16.7 Å². The summed E-state index contributed by atoms with van der Waals surface area (Å²) in [6, 6.07) is 0. The number of hydrogen-bond donors (Lipinski definition) is 0. The van der Waals surface area contributed by atoms with Crippen molar-refractivity contribution in [2.45, 2.75) is 48.0 Å². The molecule has 1 nitrogen and oxygen atoms in total. The molecule has 1 rings (SSSR count). The van der Waals surface area contributed by atoms with Crippen LogP contribution in [0.4, 0.5) is 0 Å². The van der Waals surface area contributed by atoms with Crippen molar-refractivity contribution in [3.63, 3.8) is 0 Å². The molecule has 0 bridgehead atoms. The highest BCUT2D eigenvalue weighted by atomic mass is 15.2. The Bertz CT molecular complexity index is 239. The predicted octanol–water partition coefficient (Wildman–Crippen LogP) is 3.91. The summed E-state index contributed by atoms with van der Waals surface area (Å²) >= 11 is 0. The molecule has 0 spiro atoms. The van der Waals surface area contributed by atoms with Gasteiger partial charge in [0.15, 0.2) is 0 Å². The van der Waals surface area contributed by atoms with Gasteiger partial charge >= 0.3 is 0 Å². The summed E-state index contributed by atoms with van der Waals surface area (Å²) in [5.74, 6) is 0.816. The molecule has 0 N–H and O–H groups in total. The second kappa shape index (κ2) is 3.84. The Balaban J connectivity index is 2.62. The Morgan fingerprint density at radius 2 is 1.67 bits per heavy atom. The van der Waals surface area contributed by atoms with E-state index in [0.717, 1.165) is 5.92 Å². The van der Waals surface area contributed by atoms with Gasteiger partial charge in [-0.2, -0.15) is 0 Å². The number of likely N-dealkylation sites (tertiary alicyclic amines) is 1. The highest BCUT2D eigenvalue weighted by Gasteiger charge is 2.34. The van der Waals surface area contributed by atoms with Crippen LogP contribution in [0, 0.1) is 16.7 Å². The van der Waals surface area contributed by atoms with Crippen LogP contribution in [0.25, 0.3) is 0 Å². The molecule has 0 aliphatic carbocycles. The van der Waals surface area contributed by atoms with E-state index in [9.17, 15) is 0 Å². The van der Waals surface area contributed by atoms with Gasteiger partial charge in [0.05, 0.1) is 0 Å². The van der Waals surface area contributed by atoms with E-state index in [4.69, 9.17) is 0 Å². The average Bonchev–Trinajstić information content (AvgIpc) is 2.47. The molecule has 1 fully saturated rings. The molecule has 0 aromatic heterocycles. The number of nitrogens with zero attached hydrogens (tertiary/aromatic N) is 1. The first kappa shape index (κ1) is 12.6. The molecule has 15 heavy (non-hydrogen) atoms. The van der Waals surface area contributed by atoms with E-state index >= 15 is 0 Å². The van der Waals surface area contributed by atoms with Crippen LogP contribution in [0.5, 0.6) is 0 Å². The van der Waals surface area contributed by atoms with Gasteiger partial charge in [0.1, 0.15) is 0 Å². The highest BCUT2D eigenvalue weighted by molar-refractivity contribution is 5.07. The molecule has 1 atom stereocenters. The third-order valence-corrected chi connectivity index (χ3v) is 3.66. The molecular weight excluding hydrogens is 182 g/mol. The first-order chi connectivity index (χ1) is 6.62. The summed E-state index contributed by atoms with van der Waals surface area (Å²) in [6.45, 7) is 20.4. The Morgan fingerprint density at radius 1 is 1.13 bits per heavy atom. The molecule has 1 unspecified atom stereocenters. The van der Waals surface area contributed by atoms with Crippen molar-refractivity contribution in [1.82, 2.24) is 4.90 Å². The smallest absolute Gasteiger partial charge is 0.0208 e. The van der Waals surface area contributed by atoms with E-state index in [1.807, 2.05) is 0 Å². The molecule has 1 aliphatic heterocycles. The quantitative estimate of drug-likeness (QED) is 0.633. The van der Waals surface area contributed by atoms with Crippen LogP contribution in [-0.4, -0.2) is 18.0 Å². The van der Waals surface area contributed by atoms with Crippen LogP contribution in [0.15, 0.2) is 12.3 Å². The molecule has 0 aromatic rings. The second-order valence-corrected chi connectivity index (χ2v) is 6.99. The van der Waals surface area contributed by atoms with Crippen LogP contribution >= 0.6 is 0 Å². The lowest BCUT2D eigenvalue weighted by atomic mass is 9.80. The van der Waals surface area contributed by atoms with Gasteiger partial charge in [-0.3, -0.25) is 0 Å². The zero-order valence-corrected chi connectivity index (χ0v) is 11.4. The monoisotopic (exact) mass is 209 g/mol. The molecule has 88 valence electrons. The summed E-state index contributed by atoms with van der Waals surface area (Å²) in [5.41, 5.74) is 1.95. The third-order valence-electron chi connectivity index (χ3n) is 3.66. The lowest BCUT2D eigenvalue weighted by Crippen LogP contribution is -2.30. The lowest BCUT2D eigenvalue weighted by Gasteiger charge is -2.33. The van der Waals surface area contributed by atoms with Gasteiger partial charge in [0.25, 0.3) is 0 Å². The maximum Gasteiger partial charge on any atom is 0.0208 e. The van der Waals surface area contributed by atoms with Crippen LogP contribution < -0.4 is 0 Å². The van der Waals surface area contributed by atoms with Crippen molar-refractivity contribution < 1.29 is 0 Å².